The lowest BCUT2D eigenvalue weighted by Crippen LogP contribution is -2.40. The van der Waals surface area contributed by atoms with Gasteiger partial charge in [0.1, 0.15) is 12.6 Å². The molecule has 0 aliphatic heterocycles. The summed E-state index contributed by atoms with van der Waals surface area (Å²) in [7, 11) is 0. The first-order valence-electron chi connectivity index (χ1n) is 9.28. The van der Waals surface area contributed by atoms with E-state index in [4.69, 9.17) is 4.74 Å². The van der Waals surface area contributed by atoms with Crippen LogP contribution in [0, 0.1) is 24.0 Å². The van der Waals surface area contributed by atoms with Crippen LogP contribution in [0.2, 0.25) is 0 Å². The molecule has 32 heavy (non-hydrogen) atoms. The fraction of sp³-hybridized carbons (Fsp3) is 0.350. The number of halogens is 3. The van der Waals surface area contributed by atoms with Crippen molar-refractivity contribution < 1.29 is 37.2 Å². The fourth-order valence-corrected chi connectivity index (χ4v) is 2.95. The Kier molecular flexibility index (Phi) is 7.39. The number of hydrogen-bond donors (Lipinski definition) is 1. The predicted octanol–water partition coefficient (Wildman–Crippen LogP) is 3.12. The van der Waals surface area contributed by atoms with Crippen molar-refractivity contribution in [3.63, 3.8) is 0 Å². The van der Waals surface area contributed by atoms with Crippen molar-refractivity contribution >= 4 is 23.3 Å². The summed E-state index contributed by atoms with van der Waals surface area (Å²) >= 11 is 0. The molecule has 0 bridgehead atoms. The van der Waals surface area contributed by atoms with E-state index in [1.54, 1.807) is 0 Å². The van der Waals surface area contributed by atoms with Crippen LogP contribution in [-0.4, -0.2) is 46.0 Å². The molecule has 1 heterocycles. The molecule has 0 spiro atoms. The van der Waals surface area contributed by atoms with Crippen molar-refractivity contribution in [1.29, 1.82) is 0 Å². The molecule has 1 N–H and O–H groups in total. The largest absolute Gasteiger partial charge is 0.456 e. The first kappa shape index (κ1) is 24.6. The average molecular weight is 455 g/mol. The van der Waals surface area contributed by atoms with Gasteiger partial charge >= 0.3 is 12.1 Å². The molecule has 2 aromatic rings. The molecule has 0 saturated heterocycles. The number of esters is 1. The summed E-state index contributed by atoms with van der Waals surface area (Å²) < 4.78 is 43.9. The van der Waals surface area contributed by atoms with Crippen LogP contribution >= 0.6 is 0 Å². The Hall–Kier alpha value is -3.70. The van der Waals surface area contributed by atoms with Gasteiger partial charge in [0.25, 0.3) is 11.6 Å². The molecule has 2 rings (SSSR count). The summed E-state index contributed by atoms with van der Waals surface area (Å²) in [5.74, 6) is -2.42. The van der Waals surface area contributed by atoms with Crippen molar-refractivity contribution in [1.82, 2.24) is 9.88 Å². The minimum atomic E-state index is -4.46. The summed E-state index contributed by atoms with van der Waals surface area (Å²) in [6.45, 7) is 2.09. The highest BCUT2D eigenvalue weighted by Crippen LogP contribution is 2.23. The van der Waals surface area contributed by atoms with Crippen LogP contribution in [0.5, 0.6) is 0 Å². The first-order chi connectivity index (χ1) is 14.8. The van der Waals surface area contributed by atoms with Crippen LogP contribution in [0.1, 0.15) is 39.0 Å². The van der Waals surface area contributed by atoms with E-state index in [0.717, 1.165) is 10.6 Å². The van der Waals surface area contributed by atoms with Gasteiger partial charge in [-0.3, -0.25) is 19.7 Å². The second-order valence-electron chi connectivity index (χ2n) is 7.02. The normalized spacial score (nSPS) is 12.2. The summed E-state index contributed by atoms with van der Waals surface area (Å²) in [6.07, 6.45) is -4.46. The van der Waals surface area contributed by atoms with Crippen molar-refractivity contribution in [3.05, 3.63) is 63.0 Å². The molecular weight excluding hydrogens is 435 g/mol. The summed E-state index contributed by atoms with van der Waals surface area (Å²) in [6, 6.07) is 4.96. The van der Waals surface area contributed by atoms with E-state index in [1.807, 2.05) is 0 Å². The maximum atomic E-state index is 12.7. The maximum absolute atomic E-state index is 12.7. The van der Waals surface area contributed by atoms with Crippen LogP contribution < -0.4 is 5.32 Å². The van der Waals surface area contributed by atoms with Gasteiger partial charge in [-0.15, -0.1) is 0 Å². The van der Waals surface area contributed by atoms with Gasteiger partial charge in [-0.2, -0.15) is 13.2 Å². The lowest BCUT2D eigenvalue weighted by atomic mass is 10.1. The number of non-ortho nitro benzene ring substituents is 1. The standard InChI is InChI=1S/C20H20F3N3O6/c1-11-7-16(13(3)25(11)10-20(21,22)23)17(27)9-32-19(29)12(2)24-18(28)14-5-4-6-15(8-14)26(30)31/h4-8,12H,9-10H2,1-3H3,(H,24,28). The number of benzene rings is 1. The van der Waals surface area contributed by atoms with Gasteiger partial charge in [-0.05, 0) is 32.9 Å². The first-order valence-corrected chi connectivity index (χ1v) is 9.28. The number of nitro groups is 1. The van der Waals surface area contributed by atoms with Crippen molar-refractivity contribution in [2.24, 2.45) is 0 Å². The average Bonchev–Trinajstić information content (AvgIpc) is 2.98. The van der Waals surface area contributed by atoms with E-state index < -0.39 is 48.0 Å². The van der Waals surface area contributed by atoms with Gasteiger partial charge in [-0.1, -0.05) is 6.07 Å². The van der Waals surface area contributed by atoms with Gasteiger partial charge in [-0.25, -0.2) is 4.79 Å². The molecule has 0 radical (unpaired) electrons. The van der Waals surface area contributed by atoms with Crippen LogP contribution in [0.3, 0.4) is 0 Å². The highest BCUT2D eigenvalue weighted by molar-refractivity contribution is 6.00. The Bertz CT molecular complexity index is 1060. The van der Waals surface area contributed by atoms with Crippen LogP contribution in [0.4, 0.5) is 18.9 Å². The third kappa shape index (κ3) is 6.15. The third-order valence-corrected chi connectivity index (χ3v) is 4.58. The smallest absolute Gasteiger partial charge is 0.406 e. The number of carbonyl (C=O) groups is 3. The lowest BCUT2D eigenvalue weighted by Gasteiger charge is -2.14. The number of aryl methyl sites for hydroxylation is 1. The van der Waals surface area contributed by atoms with Crippen molar-refractivity contribution in [3.8, 4) is 0 Å². The molecule has 1 atom stereocenters. The number of nitro benzene ring substituents is 1. The number of nitrogens with one attached hydrogen (secondary N) is 1. The molecule has 0 aliphatic carbocycles. The molecule has 0 saturated carbocycles. The molecule has 12 heteroatoms. The molecule has 0 aliphatic rings. The quantitative estimate of drug-likeness (QED) is 0.283. The van der Waals surface area contributed by atoms with E-state index in [9.17, 15) is 37.7 Å². The number of nitrogens with zero attached hydrogens (tertiary/aromatic N) is 2. The number of ether oxygens (including phenoxy) is 1. The SMILES string of the molecule is Cc1cc(C(=O)COC(=O)C(C)NC(=O)c2cccc([N+](=O)[O-])c2)c(C)n1CC(F)(F)F. The van der Waals surface area contributed by atoms with Crippen molar-refractivity contribution in [2.45, 2.75) is 39.5 Å². The van der Waals surface area contributed by atoms with Gasteiger partial charge in [0.05, 0.1) is 4.92 Å². The summed E-state index contributed by atoms with van der Waals surface area (Å²) in [5.41, 5.74) is -0.0403. The van der Waals surface area contributed by atoms with Gasteiger partial charge in [0.2, 0.25) is 5.78 Å². The van der Waals surface area contributed by atoms with E-state index in [-0.39, 0.29) is 28.2 Å². The zero-order chi connectivity index (χ0) is 24.2. The monoisotopic (exact) mass is 455 g/mol. The van der Waals surface area contributed by atoms with Gasteiger partial charge in [0.15, 0.2) is 6.61 Å². The second-order valence-corrected chi connectivity index (χ2v) is 7.02. The Morgan fingerprint density at radius 1 is 1.22 bits per heavy atom. The molecule has 1 amide bonds. The number of alkyl halides is 3. The number of Topliss-reactive ketones (excluding diaryl/α,β-unsaturated/α-hetero) is 1. The fourth-order valence-electron chi connectivity index (χ4n) is 2.95. The molecule has 1 unspecified atom stereocenters. The maximum Gasteiger partial charge on any atom is 0.406 e. The third-order valence-electron chi connectivity index (χ3n) is 4.58. The van der Waals surface area contributed by atoms with Gasteiger partial charge in [0, 0.05) is 34.6 Å². The minimum absolute atomic E-state index is 0.00664. The molecule has 1 aromatic carbocycles. The highest BCUT2D eigenvalue weighted by atomic mass is 19.4. The Morgan fingerprint density at radius 2 is 1.88 bits per heavy atom. The summed E-state index contributed by atoms with van der Waals surface area (Å²) in [4.78, 5) is 46.8. The highest BCUT2D eigenvalue weighted by Gasteiger charge is 2.30. The van der Waals surface area contributed by atoms with Gasteiger partial charge < -0.3 is 14.6 Å². The molecular formula is C20H20F3N3O6. The summed E-state index contributed by atoms with van der Waals surface area (Å²) in [5, 5.41) is 13.1. The molecule has 1 aromatic heterocycles. The molecule has 9 nitrogen and oxygen atoms in total. The number of hydrogen-bond acceptors (Lipinski definition) is 6. The van der Waals surface area contributed by atoms with E-state index in [2.05, 4.69) is 5.32 Å². The van der Waals surface area contributed by atoms with E-state index in [1.165, 1.54) is 45.0 Å². The van der Waals surface area contributed by atoms with Crippen LogP contribution in [0.25, 0.3) is 0 Å². The van der Waals surface area contributed by atoms with Crippen LogP contribution in [-0.2, 0) is 16.1 Å². The lowest BCUT2D eigenvalue weighted by molar-refractivity contribution is -0.384. The Morgan fingerprint density at radius 3 is 2.47 bits per heavy atom. The zero-order valence-electron chi connectivity index (χ0n) is 17.4. The van der Waals surface area contributed by atoms with Crippen molar-refractivity contribution in [2.75, 3.05) is 6.61 Å². The molecule has 172 valence electrons. The molecule has 0 fully saturated rings. The second kappa shape index (κ2) is 9.62. The number of rotatable bonds is 8. The van der Waals surface area contributed by atoms with E-state index >= 15 is 0 Å². The zero-order valence-corrected chi connectivity index (χ0v) is 17.4. The Balaban J connectivity index is 1.98. The van der Waals surface area contributed by atoms with E-state index in [0.29, 0.717) is 0 Å². The van der Waals surface area contributed by atoms with Crippen LogP contribution in [0.15, 0.2) is 30.3 Å². The Labute approximate surface area is 180 Å². The number of ketones is 1. The number of amides is 1. The number of aromatic nitrogens is 1. The number of carbonyl (C=O) groups excluding carboxylic acids is 3. The topological polar surface area (TPSA) is 121 Å². The predicted molar refractivity (Wildman–Crippen MR) is 105 cm³/mol. The minimum Gasteiger partial charge on any atom is -0.456 e.